The van der Waals surface area contributed by atoms with Crippen molar-refractivity contribution in [1.29, 1.82) is 0 Å². The molecule has 2 aliphatic heterocycles. The highest BCUT2D eigenvalue weighted by Gasteiger charge is 2.42. The first kappa shape index (κ1) is 14.9. The van der Waals surface area contributed by atoms with Gasteiger partial charge in [-0.05, 0) is 32.2 Å². The van der Waals surface area contributed by atoms with Crippen molar-refractivity contribution in [3.63, 3.8) is 0 Å². The number of piperidine rings is 1. The monoisotopic (exact) mass is 309 g/mol. The average Bonchev–Trinajstić information content (AvgIpc) is 3.04. The van der Waals surface area contributed by atoms with Gasteiger partial charge >= 0.3 is 0 Å². The topological polar surface area (TPSA) is 45.7 Å². The van der Waals surface area contributed by atoms with Crippen LogP contribution in [0.4, 0.5) is 0 Å². The Labute approximate surface area is 129 Å². The number of hydrogen-bond donors (Lipinski definition) is 0. The van der Waals surface area contributed by atoms with Crippen LogP contribution in [0.5, 0.6) is 0 Å². The molecule has 5 nitrogen and oxygen atoms in total. The van der Waals surface area contributed by atoms with E-state index < -0.39 is 0 Å². The van der Waals surface area contributed by atoms with Crippen molar-refractivity contribution < 1.29 is 9.53 Å². The van der Waals surface area contributed by atoms with Crippen LogP contribution >= 0.6 is 11.3 Å². The van der Waals surface area contributed by atoms with Gasteiger partial charge in [0.2, 0.25) is 0 Å². The predicted octanol–water partition coefficient (Wildman–Crippen LogP) is 1.52. The van der Waals surface area contributed by atoms with Crippen molar-refractivity contribution in [2.24, 2.45) is 5.92 Å². The Morgan fingerprint density at radius 2 is 2.38 bits per heavy atom. The highest BCUT2D eigenvalue weighted by molar-refractivity contribution is 7.09. The van der Waals surface area contributed by atoms with Crippen molar-refractivity contribution >= 4 is 17.2 Å². The van der Waals surface area contributed by atoms with Crippen molar-refractivity contribution in [2.75, 3.05) is 27.2 Å². The standard InChI is InChI=1S/C15H23N3O2S/c1-10-14(21-9-16-10)8-18-5-4-11-6-12(15(19)17(2)3)20-13(11)7-18/h9,11-13H,4-8H2,1-3H3/t11-,12+,13-/m0/s1. The molecule has 1 amide bonds. The molecule has 0 N–H and O–H groups in total. The van der Waals surface area contributed by atoms with E-state index in [0.717, 1.165) is 38.2 Å². The molecule has 1 aromatic rings. The molecular weight excluding hydrogens is 286 g/mol. The number of nitrogens with zero attached hydrogens (tertiary/aromatic N) is 3. The van der Waals surface area contributed by atoms with Crippen molar-refractivity contribution in [2.45, 2.75) is 38.5 Å². The maximum atomic E-state index is 12.1. The number of hydrogen-bond acceptors (Lipinski definition) is 5. The second-order valence-electron chi connectivity index (χ2n) is 6.28. The maximum absolute atomic E-state index is 12.1. The Hall–Kier alpha value is -0.980. The number of aryl methyl sites for hydroxylation is 1. The van der Waals surface area contributed by atoms with Crippen LogP contribution in [0, 0.1) is 12.8 Å². The SMILES string of the molecule is Cc1ncsc1CN1CC[C@H]2C[C@H](C(=O)N(C)C)O[C@H]2C1. The Balaban J connectivity index is 1.59. The highest BCUT2D eigenvalue weighted by atomic mass is 32.1. The summed E-state index contributed by atoms with van der Waals surface area (Å²) in [5.74, 6) is 0.645. The molecule has 0 spiro atoms. The van der Waals surface area contributed by atoms with Crippen LogP contribution in [0.1, 0.15) is 23.4 Å². The summed E-state index contributed by atoms with van der Waals surface area (Å²) in [6.07, 6.45) is 1.98. The molecular formula is C15H23N3O2S. The molecule has 21 heavy (non-hydrogen) atoms. The van der Waals surface area contributed by atoms with E-state index in [0.29, 0.717) is 5.92 Å². The van der Waals surface area contributed by atoms with Gasteiger partial charge in [0, 0.05) is 32.1 Å². The highest BCUT2D eigenvalue weighted by Crippen LogP contribution is 2.34. The van der Waals surface area contributed by atoms with Gasteiger partial charge in [-0.15, -0.1) is 11.3 Å². The maximum Gasteiger partial charge on any atom is 0.251 e. The van der Waals surface area contributed by atoms with E-state index in [1.807, 2.05) is 5.51 Å². The second kappa shape index (κ2) is 6.02. The van der Waals surface area contributed by atoms with Crippen LogP contribution in [0.3, 0.4) is 0 Å². The minimum atomic E-state index is -0.236. The molecule has 0 aromatic carbocycles. The number of likely N-dealkylation sites (N-methyl/N-ethyl adjacent to an activating group) is 1. The fraction of sp³-hybridized carbons (Fsp3) is 0.733. The van der Waals surface area contributed by atoms with E-state index in [-0.39, 0.29) is 18.1 Å². The number of rotatable bonds is 3. The Kier molecular flexibility index (Phi) is 4.28. The largest absolute Gasteiger partial charge is 0.364 e. The summed E-state index contributed by atoms with van der Waals surface area (Å²) in [4.78, 5) is 21.8. The fourth-order valence-electron chi connectivity index (χ4n) is 3.27. The second-order valence-corrected chi connectivity index (χ2v) is 7.22. The summed E-state index contributed by atoms with van der Waals surface area (Å²) in [5.41, 5.74) is 3.05. The zero-order valence-corrected chi connectivity index (χ0v) is 13.7. The van der Waals surface area contributed by atoms with Crippen molar-refractivity contribution in [1.82, 2.24) is 14.8 Å². The number of fused-ring (bicyclic) bond motifs is 1. The molecule has 3 rings (SSSR count). The van der Waals surface area contributed by atoms with Gasteiger partial charge in [-0.2, -0.15) is 0 Å². The first-order valence-corrected chi connectivity index (χ1v) is 8.40. The molecule has 2 saturated heterocycles. The Morgan fingerprint density at radius 3 is 3.05 bits per heavy atom. The first-order chi connectivity index (χ1) is 10.0. The van der Waals surface area contributed by atoms with Crippen molar-refractivity contribution in [3.8, 4) is 0 Å². The minimum Gasteiger partial charge on any atom is -0.364 e. The van der Waals surface area contributed by atoms with Gasteiger partial charge in [0.25, 0.3) is 5.91 Å². The molecule has 3 atom stereocenters. The normalized spacial score (nSPS) is 29.4. The third kappa shape index (κ3) is 3.12. The number of carbonyl (C=O) groups excluding carboxylic acids is 1. The molecule has 0 saturated carbocycles. The third-order valence-corrected chi connectivity index (χ3v) is 5.48. The molecule has 0 aliphatic carbocycles. The number of aromatic nitrogens is 1. The lowest BCUT2D eigenvalue weighted by atomic mass is 9.91. The van der Waals surface area contributed by atoms with E-state index in [2.05, 4.69) is 16.8 Å². The van der Waals surface area contributed by atoms with E-state index in [1.165, 1.54) is 4.88 Å². The molecule has 1 aromatic heterocycles. The van der Waals surface area contributed by atoms with Gasteiger partial charge in [-0.1, -0.05) is 0 Å². The summed E-state index contributed by atoms with van der Waals surface area (Å²) in [6, 6.07) is 0. The molecule has 2 aliphatic rings. The van der Waals surface area contributed by atoms with Gasteiger partial charge < -0.3 is 9.64 Å². The lowest BCUT2D eigenvalue weighted by molar-refractivity contribution is -0.141. The predicted molar refractivity (Wildman–Crippen MR) is 82.2 cm³/mol. The van der Waals surface area contributed by atoms with Gasteiger partial charge in [0.05, 0.1) is 17.3 Å². The Morgan fingerprint density at radius 1 is 1.57 bits per heavy atom. The third-order valence-electron chi connectivity index (χ3n) is 4.56. The molecule has 3 heterocycles. The Bertz CT molecular complexity index is 517. The molecule has 0 bridgehead atoms. The van der Waals surface area contributed by atoms with Crippen LogP contribution in [-0.4, -0.2) is 60.1 Å². The molecule has 116 valence electrons. The smallest absolute Gasteiger partial charge is 0.251 e. The van der Waals surface area contributed by atoms with Crippen LogP contribution in [0.25, 0.3) is 0 Å². The molecule has 6 heteroatoms. The molecule has 0 unspecified atom stereocenters. The zero-order valence-electron chi connectivity index (χ0n) is 12.9. The minimum absolute atomic E-state index is 0.106. The van der Waals surface area contributed by atoms with Crippen LogP contribution in [-0.2, 0) is 16.1 Å². The van der Waals surface area contributed by atoms with Crippen molar-refractivity contribution in [3.05, 3.63) is 16.1 Å². The summed E-state index contributed by atoms with van der Waals surface area (Å²) in [6.45, 7) is 5.04. The number of carbonyl (C=O) groups is 1. The number of ether oxygens (including phenoxy) is 1. The number of likely N-dealkylation sites (tertiary alicyclic amines) is 1. The number of thiazole rings is 1. The summed E-state index contributed by atoms with van der Waals surface area (Å²) >= 11 is 1.72. The van der Waals surface area contributed by atoms with Crippen LogP contribution < -0.4 is 0 Å². The lowest BCUT2D eigenvalue weighted by Crippen LogP contribution is -2.42. The van der Waals surface area contributed by atoms with E-state index in [1.54, 1.807) is 30.3 Å². The quantitative estimate of drug-likeness (QED) is 0.849. The average molecular weight is 309 g/mol. The number of amides is 1. The summed E-state index contributed by atoms with van der Waals surface area (Å²) < 4.78 is 6.02. The van der Waals surface area contributed by atoms with E-state index in [4.69, 9.17) is 4.74 Å². The first-order valence-electron chi connectivity index (χ1n) is 7.52. The summed E-state index contributed by atoms with van der Waals surface area (Å²) in [7, 11) is 3.60. The van der Waals surface area contributed by atoms with Crippen LogP contribution in [0.2, 0.25) is 0 Å². The summed E-state index contributed by atoms with van der Waals surface area (Å²) in [5, 5.41) is 0. The molecule has 0 radical (unpaired) electrons. The fourth-order valence-corrected chi connectivity index (χ4v) is 4.08. The van der Waals surface area contributed by atoms with Gasteiger partial charge in [-0.3, -0.25) is 9.69 Å². The van der Waals surface area contributed by atoms with Gasteiger partial charge in [0.15, 0.2) is 0 Å². The van der Waals surface area contributed by atoms with Crippen LogP contribution in [0.15, 0.2) is 5.51 Å². The zero-order chi connectivity index (χ0) is 15.0. The van der Waals surface area contributed by atoms with Gasteiger partial charge in [-0.25, -0.2) is 4.98 Å². The molecule has 2 fully saturated rings. The van der Waals surface area contributed by atoms with E-state index in [9.17, 15) is 4.79 Å². The van der Waals surface area contributed by atoms with Gasteiger partial charge in [0.1, 0.15) is 6.10 Å². The van der Waals surface area contributed by atoms with E-state index >= 15 is 0 Å². The lowest BCUT2D eigenvalue weighted by Gasteiger charge is -2.33.